The Morgan fingerprint density at radius 2 is 2.21 bits per heavy atom. The van der Waals surface area contributed by atoms with Crippen molar-refractivity contribution in [1.82, 2.24) is 10.6 Å². The second-order valence-electron chi connectivity index (χ2n) is 7.23. The molecule has 1 heterocycles. The van der Waals surface area contributed by atoms with E-state index in [9.17, 15) is 9.18 Å². The SMILES string of the molecule is CC(C)(NC(=O)[C@@H]1CN[C@H](CO)CO1)c1ccc(F)cc1C1CC1. The molecule has 1 saturated heterocycles. The van der Waals surface area contributed by atoms with Gasteiger partial charge in [0.2, 0.25) is 0 Å². The van der Waals surface area contributed by atoms with Crippen molar-refractivity contribution in [1.29, 1.82) is 0 Å². The number of aliphatic hydroxyl groups is 1. The second kappa shape index (κ2) is 6.78. The van der Waals surface area contributed by atoms with Gasteiger partial charge < -0.3 is 20.5 Å². The lowest BCUT2D eigenvalue weighted by molar-refractivity contribution is -0.137. The van der Waals surface area contributed by atoms with E-state index in [1.54, 1.807) is 12.1 Å². The molecular weight excluding hydrogens is 311 g/mol. The third-order valence-corrected chi connectivity index (χ3v) is 4.74. The fourth-order valence-corrected chi connectivity index (χ4v) is 3.20. The molecule has 2 fully saturated rings. The molecule has 1 aliphatic carbocycles. The first-order valence-corrected chi connectivity index (χ1v) is 8.48. The number of carbonyl (C=O) groups is 1. The van der Waals surface area contributed by atoms with Gasteiger partial charge in [0, 0.05) is 6.54 Å². The highest BCUT2D eigenvalue weighted by molar-refractivity contribution is 5.82. The number of amides is 1. The van der Waals surface area contributed by atoms with Crippen molar-refractivity contribution in [2.24, 2.45) is 0 Å². The molecule has 1 saturated carbocycles. The van der Waals surface area contributed by atoms with Gasteiger partial charge in [-0.15, -0.1) is 0 Å². The van der Waals surface area contributed by atoms with Crippen LogP contribution in [-0.4, -0.2) is 42.9 Å². The van der Waals surface area contributed by atoms with Crippen LogP contribution in [0.2, 0.25) is 0 Å². The molecule has 3 N–H and O–H groups in total. The Kier molecular flexibility index (Phi) is 4.90. The Bertz CT molecular complexity index is 608. The van der Waals surface area contributed by atoms with Crippen molar-refractivity contribution < 1.29 is 19.0 Å². The molecule has 2 aliphatic rings. The highest BCUT2D eigenvalue weighted by Crippen LogP contribution is 2.44. The minimum absolute atomic E-state index is 0.0137. The standard InChI is InChI=1S/C18H25FN2O3/c1-18(2,15-6-5-12(19)7-14(15)11-3-4-11)21-17(23)16-8-20-13(9-22)10-24-16/h5-7,11,13,16,20,22H,3-4,8-10H2,1-2H3,(H,21,23)/t13-,16+/m1/s1. The van der Waals surface area contributed by atoms with Crippen LogP contribution in [0.25, 0.3) is 0 Å². The van der Waals surface area contributed by atoms with Gasteiger partial charge >= 0.3 is 0 Å². The van der Waals surface area contributed by atoms with Crippen molar-refractivity contribution >= 4 is 5.91 Å². The number of aliphatic hydroxyl groups excluding tert-OH is 1. The maximum atomic E-state index is 13.6. The zero-order valence-corrected chi connectivity index (χ0v) is 14.1. The third-order valence-electron chi connectivity index (χ3n) is 4.74. The second-order valence-corrected chi connectivity index (χ2v) is 7.23. The number of ether oxygens (including phenoxy) is 1. The number of nitrogens with one attached hydrogen (secondary N) is 2. The van der Waals surface area contributed by atoms with Gasteiger partial charge in [-0.25, -0.2) is 4.39 Å². The molecule has 0 bridgehead atoms. The van der Waals surface area contributed by atoms with E-state index in [0.29, 0.717) is 19.1 Å². The monoisotopic (exact) mass is 336 g/mol. The average molecular weight is 336 g/mol. The van der Waals surface area contributed by atoms with Crippen LogP contribution in [-0.2, 0) is 15.1 Å². The number of benzene rings is 1. The van der Waals surface area contributed by atoms with Crippen LogP contribution in [0.4, 0.5) is 4.39 Å². The summed E-state index contributed by atoms with van der Waals surface area (Å²) in [7, 11) is 0. The van der Waals surface area contributed by atoms with Gasteiger partial charge in [-0.1, -0.05) is 6.07 Å². The molecule has 0 aromatic heterocycles. The predicted molar refractivity (Wildman–Crippen MR) is 88.2 cm³/mol. The van der Waals surface area contributed by atoms with Crippen LogP contribution >= 0.6 is 0 Å². The maximum absolute atomic E-state index is 13.6. The molecule has 1 aromatic rings. The van der Waals surface area contributed by atoms with Gasteiger partial charge in [-0.05, 0) is 55.9 Å². The first-order chi connectivity index (χ1) is 11.4. The zero-order chi connectivity index (χ0) is 17.3. The van der Waals surface area contributed by atoms with Crippen molar-refractivity contribution in [2.75, 3.05) is 19.8 Å². The number of hydrogen-bond acceptors (Lipinski definition) is 4. The molecule has 132 valence electrons. The predicted octanol–water partition coefficient (Wildman–Crippen LogP) is 1.40. The van der Waals surface area contributed by atoms with Crippen molar-refractivity contribution in [3.8, 4) is 0 Å². The van der Waals surface area contributed by atoms with E-state index in [1.807, 2.05) is 13.8 Å². The zero-order valence-electron chi connectivity index (χ0n) is 14.1. The van der Waals surface area contributed by atoms with Gasteiger partial charge in [0.1, 0.15) is 11.9 Å². The van der Waals surface area contributed by atoms with Crippen LogP contribution in [0.3, 0.4) is 0 Å². The Morgan fingerprint density at radius 1 is 1.46 bits per heavy atom. The van der Waals surface area contributed by atoms with Crippen LogP contribution in [0.5, 0.6) is 0 Å². The lowest BCUT2D eigenvalue weighted by atomic mass is 9.87. The molecule has 6 heteroatoms. The number of rotatable bonds is 5. The van der Waals surface area contributed by atoms with Crippen LogP contribution in [0.1, 0.15) is 43.7 Å². The summed E-state index contributed by atoms with van der Waals surface area (Å²) in [5, 5.41) is 15.2. The van der Waals surface area contributed by atoms with E-state index in [-0.39, 0.29) is 24.4 Å². The highest BCUT2D eigenvalue weighted by Gasteiger charge is 2.35. The summed E-state index contributed by atoms with van der Waals surface area (Å²) in [5.41, 5.74) is 1.33. The van der Waals surface area contributed by atoms with E-state index in [2.05, 4.69) is 10.6 Å². The van der Waals surface area contributed by atoms with E-state index < -0.39 is 11.6 Å². The Labute approximate surface area is 141 Å². The molecule has 2 atom stereocenters. The smallest absolute Gasteiger partial charge is 0.251 e. The van der Waals surface area contributed by atoms with Gasteiger partial charge in [0.05, 0.1) is 24.8 Å². The maximum Gasteiger partial charge on any atom is 0.251 e. The lowest BCUT2D eigenvalue weighted by Gasteiger charge is -2.34. The Morgan fingerprint density at radius 3 is 2.79 bits per heavy atom. The van der Waals surface area contributed by atoms with Crippen LogP contribution in [0, 0.1) is 5.82 Å². The molecule has 5 nitrogen and oxygen atoms in total. The van der Waals surface area contributed by atoms with E-state index in [0.717, 1.165) is 24.0 Å². The molecule has 24 heavy (non-hydrogen) atoms. The fraction of sp³-hybridized carbons (Fsp3) is 0.611. The molecule has 0 spiro atoms. The first kappa shape index (κ1) is 17.3. The third kappa shape index (κ3) is 3.77. The minimum atomic E-state index is -0.611. The van der Waals surface area contributed by atoms with Crippen LogP contribution in [0.15, 0.2) is 18.2 Å². The largest absolute Gasteiger partial charge is 0.395 e. The van der Waals surface area contributed by atoms with Crippen LogP contribution < -0.4 is 10.6 Å². The average Bonchev–Trinajstić information content (AvgIpc) is 3.39. The summed E-state index contributed by atoms with van der Waals surface area (Å²) in [6, 6.07) is 4.68. The molecule has 0 unspecified atom stereocenters. The minimum Gasteiger partial charge on any atom is -0.395 e. The van der Waals surface area contributed by atoms with Gasteiger partial charge in [-0.2, -0.15) is 0 Å². The summed E-state index contributed by atoms with van der Waals surface area (Å²) in [5.74, 6) is -0.0441. The number of carbonyl (C=O) groups excluding carboxylic acids is 1. The van der Waals surface area contributed by atoms with Gasteiger partial charge in [0.25, 0.3) is 5.91 Å². The number of hydrogen-bond donors (Lipinski definition) is 3. The van der Waals surface area contributed by atoms with Crippen molar-refractivity contribution in [3.63, 3.8) is 0 Å². The normalized spacial score (nSPS) is 24.7. The molecule has 3 rings (SSSR count). The summed E-state index contributed by atoms with van der Waals surface area (Å²) < 4.78 is 19.2. The first-order valence-electron chi connectivity index (χ1n) is 8.48. The Hall–Kier alpha value is -1.50. The van der Waals surface area contributed by atoms with Crippen molar-refractivity contribution in [2.45, 2.75) is 50.3 Å². The van der Waals surface area contributed by atoms with Gasteiger partial charge in [0.15, 0.2) is 0 Å². The lowest BCUT2D eigenvalue weighted by Crippen LogP contribution is -2.56. The molecule has 0 radical (unpaired) electrons. The topological polar surface area (TPSA) is 70.6 Å². The molecule has 1 aliphatic heterocycles. The summed E-state index contributed by atoms with van der Waals surface area (Å²) in [4.78, 5) is 12.5. The summed E-state index contributed by atoms with van der Waals surface area (Å²) in [6.07, 6.45) is 1.55. The molecular formula is C18H25FN2O3. The quantitative estimate of drug-likeness (QED) is 0.760. The molecule has 1 aromatic carbocycles. The Balaban J connectivity index is 1.71. The summed E-state index contributed by atoms with van der Waals surface area (Å²) >= 11 is 0. The van der Waals surface area contributed by atoms with E-state index >= 15 is 0 Å². The molecule has 1 amide bonds. The highest BCUT2D eigenvalue weighted by atomic mass is 19.1. The number of morpholine rings is 1. The van der Waals surface area contributed by atoms with E-state index in [4.69, 9.17) is 9.84 Å². The van der Waals surface area contributed by atoms with Gasteiger partial charge in [-0.3, -0.25) is 4.79 Å². The van der Waals surface area contributed by atoms with Crippen molar-refractivity contribution in [3.05, 3.63) is 35.1 Å². The fourth-order valence-electron chi connectivity index (χ4n) is 3.20. The van der Waals surface area contributed by atoms with E-state index in [1.165, 1.54) is 6.07 Å². The summed E-state index contributed by atoms with van der Waals surface area (Å²) in [6.45, 7) is 4.51. The number of halogens is 1.